The van der Waals surface area contributed by atoms with Crippen molar-refractivity contribution in [3.8, 4) is 6.01 Å². The maximum absolute atomic E-state index is 11.5. The number of hydrogen-bond acceptors (Lipinski definition) is 5. The number of aromatic amines is 1. The maximum atomic E-state index is 11.5. The van der Waals surface area contributed by atoms with Gasteiger partial charge in [0.15, 0.2) is 0 Å². The molecule has 8 nitrogen and oxygen atoms in total. The fourth-order valence-electron chi connectivity index (χ4n) is 0.996. The molecule has 0 aliphatic rings. The van der Waals surface area contributed by atoms with Crippen molar-refractivity contribution in [2.75, 3.05) is 19.0 Å². The number of carbonyl (C=O) groups is 2. The van der Waals surface area contributed by atoms with Crippen LogP contribution in [-0.2, 0) is 9.59 Å². The summed E-state index contributed by atoms with van der Waals surface area (Å²) in [6.07, 6.45) is 0. The van der Waals surface area contributed by atoms with Crippen molar-refractivity contribution in [3.63, 3.8) is 0 Å². The van der Waals surface area contributed by atoms with Gasteiger partial charge in [-0.25, -0.2) is 5.10 Å². The summed E-state index contributed by atoms with van der Waals surface area (Å²) in [6, 6.07) is 0.129. The van der Waals surface area contributed by atoms with Crippen molar-refractivity contribution in [1.29, 1.82) is 0 Å². The highest BCUT2D eigenvalue weighted by molar-refractivity contribution is 5.93. The number of amides is 2. The zero-order chi connectivity index (χ0) is 13.8. The minimum atomic E-state index is -0.532. The zero-order valence-corrected chi connectivity index (χ0v) is 10.8. The van der Waals surface area contributed by atoms with Gasteiger partial charge in [0.25, 0.3) is 0 Å². The summed E-state index contributed by atoms with van der Waals surface area (Å²) in [7, 11) is 1.42. The first kappa shape index (κ1) is 13.9. The molecule has 0 saturated carbocycles. The molecule has 18 heavy (non-hydrogen) atoms. The van der Waals surface area contributed by atoms with Crippen LogP contribution in [-0.4, -0.2) is 40.7 Å². The van der Waals surface area contributed by atoms with E-state index in [0.29, 0.717) is 0 Å². The smallest absolute Gasteiger partial charge is 0.336 e. The van der Waals surface area contributed by atoms with E-state index in [1.54, 1.807) is 20.8 Å². The van der Waals surface area contributed by atoms with Crippen LogP contribution in [0.15, 0.2) is 0 Å². The summed E-state index contributed by atoms with van der Waals surface area (Å²) < 4.78 is 4.74. The second kappa shape index (κ2) is 5.48. The first-order valence-corrected chi connectivity index (χ1v) is 5.37. The Kier molecular flexibility index (Phi) is 4.24. The summed E-state index contributed by atoms with van der Waals surface area (Å²) in [6.45, 7) is 5.17. The van der Waals surface area contributed by atoms with Crippen LogP contribution in [0, 0.1) is 5.41 Å². The molecule has 0 radical (unpaired) electrons. The summed E-state index contributed by atoms with van der Waals surface area (Å²) in [5.74, 6) is -0.430. The number of hydrogen-bond donors (Lipinski definition) is 3. The average molecular weight is 255 g/mol. The lowest BCUT2D eigenvalue weighted by molar-refractivity contribution is -0.130. The number of ether oxygens (including phenoxy) is 1. The molecule has 0 atom stereocenters. The van der Waals surface area contributed by atoms with E-state index in [1.165, 1.54) is 7.11 Å². The van der Waals surface area contributed by atoms with E-state index in [2.05, 4.69) is 25.8 Å². The molecule has 0 fully saturated rings. The Morgan fingerprint density at radius 3 is 2.56 bits per heavy atom. The molecule has 8 heteroatoms. The minimum Gasteiger partial charge on any atom is -0.466 e. The van der Waals surface area contributed by atoms with Crippen LogP contribution in [0.5, 0.6) is 6.01 Å². The van der Waals surface area contributed by atoms with E-state index < -0.39 is 11.3 Å². The molecule has 100 valence electrons. The molecule has 1 rings (SSSR count). The Bertz CT molecular complexity index is 435. The molecule has 0 spiro atoms. The van der Waals surface area contributed by atoms with Crippen molar-refractivity contribution in [3.05, 3.63) is 0 Å². The van der Waals surface area contributed by atoms with Gasteiger partial charge in [-0.1, -0.05) is 20.8 Å². The fourth-order valence-corrected chi connectivity index (χ4v) is 0.996. The van der Waals surface area contributed by atoms with Crippen LogP contribution in [0.25, 0.3) is 0 Å². The maximum Gasteiger partial charge on any atom is 0.336 e. The highest BCUT2D eigenvalue weighted by Crippen LogP contribution is 2.12. The van der Waals surface area contributed by atoms with Crippen molar-refractivity contribution < 1.29 is 14.3 Å². The Balaban J connectivity index is 2.40. The lowest BCUT2D eigenvalue weighted by Crippen LogP contribution is -2.39. The van der Waals surface area contributed by atoms with Gasteiger partial charge < -0.3 is 10.1 Å². The molecule has 1 aromatic heterocycles. The van der Waals surface area contributed by atoms with Crippen LogP contribution in [0.2, 0.25) is 0 Å². The molecular formula is C10H17N5O3. The molecule has 0 saturated heterocycles. The van der Waals surface area contributed by atoms with Gasteiger partial charge in [-0.05, 0) is 0 Å². The molecular weight excluding hydrogens is 238 g/mol. The number of H-pyrrole nitrogens is 1. The highest BCUT2D eigenvalue weighted by atomic mass is 16.5. The van der Waals surface area contributed by atoms with Crippen LogP contribution in [0.1, 0.15) is 20.8 Å². The van der Waals surface area contributed by atoms with Gasteiger partial charge in [0.05, 0.1) is 13.7 Å². The summed E-state index contributed by atoms with van der Waals surface area (Å²) in [4.78, 5) is 26.8. The number of carbonyl (C=O) groups excluding carboxylic acids is 2. The van der Waals surface area contributed by atoms with Gasteiger partial charge in [0, 0.05) is 5.41 Å². The standard InChI is InChI=1S/C10H17N5O3/c1-10(2,3)7(17)11-5-6(16)12-8-13-9(18-4)15-14-8/h5H2,1-4H3,(H,11,17)(H2,12,13,14,15,16). The van der Waals surface area contributed by atoms with E-state index in [4.69, 9.17) is 4.74 Å². The van der Waals surface area contributed by atoms with E-state index in [0.717, 1.165) is 0 Å². The predicted molar refractivity (Wildman–Crippen MR) is 64.0 cm³/mol. The van der Waals surface area contributed by atoms with Gasteiger partial charge in [0.2, 0.25) is 17.8 Å². The van der Waals surface area contributed by atoms with Gasteiger partial charge in [-0.2, -0.15) is 4.98 Å². The SMILES string of the molecule is COc1n[nH]c(NC(=O)CNC(=O)C(C)(C)C)n1. The number of rotatable bonds is 4. The first-order chi connectivity index (χ1) is 8.32. The van der Waals surface area contributed by atoms with Gasteiger partial charge in [-0.15, -0.1) is 5.10 Å². The Morgan fingerprint density at radius 2 is 2.06 bits per heavy atom. The van der Waals surface area contributed by atoms with Crippen molar-refractivity contribution in [1.82, 2.24) is 20.5 Å². The molecule has 0 unspecified atom stereocenters. The van der Waals surface area contributed by atoms with Crippen LogP contribution >= 0.6 is 0 Å². The zero-order valence-electron chi connectivity index (χ0n) is 10.8. The lowest BCUT2D eigenvalue weighted by Gasteiger charge is -2.17. The molecule has 2 amide bonds. The number of aromatic nitrogens is 3. The van der Waals surface area contributed by atoms with Crippen molar-refractivity contribution >= 4 is 17.8 Å². The topological polar surface area (TPSA) is 109 Å². The quantitative estimate of drug-likeness (QED) is 0.697. The fraction of sp³-hybridized carbons (Fsp3) is 0.600. The molecule has 1 heterocycles. The summed E-state index contributed by atoms with van der Waals surface area (Å²) >= 11 is 0. The third kappa shape index (κ3) is 4.04. The van der Waals surface area contributed by atoms with Crippen LogP contribution in [0.3, 0.4) is 0 Å². The Hall–Kier alpha value is -2.12. The predicted octanol–water partition coefficient (Wildman–Crippen LogP) is -0.0859. The van der Waals surface area contributed by atoms with E-state index in [1.807, 2.05) is 0 Å². The minimum absolute atomic E-state index is 0.126. The average Bonchev–Trinajstić information content (AvgIpc) is 2.72. The highest BCUT2D eigenvalue weighted by Gasteiger charge is 2.21. The second-order valence-electron chi connectivity index (χ2n) is 4.65. The van der Waals surface area contributed by atoms with Crippen LogP contribution in [0.4, 0.5) is 5.95 Å². The number of nitrogens with zero attached hydrogens (tertiary/aromatic N) is 2. The van der Waals surface area contributed by atoms with Crippen molar-refractivity contribution in [2.24, 2.45) is 5.41 Å². The first-order valence-electron chi connectivity index (χ1n) is 5.37. The van der Waals surface area contributed by atoms with E-state index in [9.17, 15) is 9.59 Å². The van der Waals surface area contributed by atoms with E-state index in [-0.39, 0.29) is 24.4 Å². The van der Waals surface area contributed by atoms with Gasteiger partial charge in [0.1, 0.15) is 0 Å². The monoisotopic (exact) mass is 255 g/mol. The Morgan fingerprint density at radius 1 is 1.39 bits per heavy atom. The van der Waals surface area contributed by atoms with E-state index >= 15 is 0 Å². The van der Waals surface area contributed by atoms with Gasteiger partial charge in [-0.3, -0.25) is 14.9 Å². The van der Waals surface area contributed by atoms with Crippen LogP contribution < -0.4 is 15.4 Å². The molecule has 1 aromatic rings. The molecule has 0 bridgehead atoms. The molecule has 0 aromatic carbocycles. The lowest BCUT2D eigenvalue weighted by atomic mass is 9.96. The van der Waals surface area contributed by atoms with Gasteiger partial charge >= 0.3 is 6.01 Å². The third-order valence-corrected chi connectivity index (χ3v) is 2.00. The number of anilines is 1. The number of methoxy groups -OCH3 is 1. The molecule has 0 aliphatic carbocycles. The third-order valence-electron chi connectivity index (χ3n) is 2.00. The summed E-state index contributed by atoms with van der Waals surface area (Å²) in [5, 5.41) is 11.1. The Labute approximate surface area is 105 Å². The molecule has 0 aliphatic heterocycles. The summed E-state index contributed by atoms with van der Waals surface area (Å²) in [5.41, 5.74) is -0.532. The normalized spacial score (nSPS) is 10.9. The number of nitrogens with one attached hydrogen (secondary N) is 3. The molecule has 3 N–H and O–H groups in total. The van der Waals surface area contributed by atoms with Crippen molar-refractivity contribution in [2.45, 2.75) is 20.8 Å². The second-order valence-corrected chi connectivity index (χ2v) is 4.65. The largest absolute Gasteiger partial charge is 0.466 e.